The maximum absolute atomic E-state index is 12.6. The van der Waals surface area contributed by atoms with E-state index in [2.05, 4.69) is 0 Å². The highest BCUT2D eigenvalue weighted by Gasteiger charge is 2.34. The Morgan fingerprint density at radius 3 is 2.25 bits per heavy atom. The normalized spacial score (nSPS) is 15.8. The third-order valence-electron chi connectivity index (χ3n) is 3.61. The summed E-state index contributed by atoms with van der Waals surface area (Å²) in [5.41, 5.74) is 2.76. The number of carboxylic acids is 1. The van der Waals surface area contributed by atoms with Gasteiger partial charge in [0.25, 0.3) is 5.91 Å². The van der Waals surface area contributed by atoms with E-state index >= 15 is 0 Å². The minimum absolute atomic E-state index is 0.0487. The molecule has 0 radical (unpaired) electrons. The van der Waals surface area contributed by atoms with Crippen molar-refractivity contribution in [3.63, 3.8) is 0 Å². The molecule has 1 N–H and O–H groups in total. The fourth-order valence-corrected chi connectivity index (χ4v) is 2.42. The van der Waals surface area contributed by atoms with Crippen LogP contribution in [0.2, 0.25) is 0 Å². The van der Waals surface area contributed by atoms with Gasteiger partial charge in [-0.3, -0.25) is 9.59 Å². The number of hydrogen-bond donors (Lipinski definition) is 1. The summed E-state index contributed by atoms with van der Waals surface area (Å²) in [6.45, 7) is 5.86. The van der Waals surface area contributed by atoms with Gasteiger partial charge in [0.05, 0.1) is 5.92 Å². The Balaban J connectivity index is 2.20. The first-order chi connectivity index (χ1) is 9.38. The second-order valence-electron chi connectivity index (χ2n) is 5.80. The molecule has 0 unspecified atom stereocenters. The zero-order valence-corrected chi connectivity index (χ0v) is 12.2. The number of rotatable bonds is 5. The maximum Gasteiger partial charge on any atom is 0.308 e. The summed E-state index contributed by atoms with van der Waals surface area (Å²) in [6.07, 6.45) is 1.95. The van der Waals surface area contributed by atoms with Crippen molar-refractivity contribution in [2.45, 2.75) is 39.7 Å². The summed E-state index contributed by atoms with van der Waals surface area (Å²) in [4.78, 5) is 25.4. The molecule has 0 saturated heterocycles. The van der Waals surface area contributed by atoms with Crippen LogP contribution in [0.4, 0.5) is 0 Å². The minimum atomic E-state index is -0.858. The lowest BCUT2D eigenvalue weighted by molar-refractivity contribution is -0.141. The molecule has 1 saturated carbocycles. The maximum atomic E-state index is 12.6. The average Bonchev–Trinajstić information content (AvgIpc) is 3.17. The van der Waals surface area contributed by atoms with Crippen molar-refractivity contribution in [2.75, 3.05) is 6.54 Å². The number of carbonyl (C=O) groups excluding carboxylic acids is 1. The van der Waals surface area contributed by atoms with E-state index in [0.29, 0.717) is 5.56 Å². The molecule has 0 aliphatic heterocycles. The molecule has 1 aliphatic carbocycles. The second-order valence-corrected chi connectivity index (χ2v) is 5.80. The number of carboxylic acid groups (broad SMARTS) is 1. The lowest BCUT2D eigenvalue weighted by Gasteiger charge is -2.24. The van der Waals surface area contributed by atoms with Gasteiger partial charge in [-0.1, -0.05) is 24.1 Å². The molecule has 0 spiro atoms. The summed E-state index contributed by atoms with van der Waals surface area (Å²) in [6, 6.07) is 5.98. The topological polar surface area (TPSA) is 57.6 Å². The third-order valence-corrected chi connectivity index (χ3v) is 3.61. The lowest BCUT2D eigenvalue weighted by atomic mass is 10.1. The number of aryl methyl sites for hydroxylation is 2. The Kier molecular flexibility index (Phi) is 4.12. The Hall–Kier alpha value is -1.84. The molecule has 1 fully saturated rings. The Morgan fingerprint density at radius 1 is 1.25 bits per heavy atom. The van der Waals surface area contributed by atoms with E-state index in [1.807, 2.05) is 32.0 Å². The van der Waals surface area contributed by atoms with Crippen molar-refractivity contribution in [1.29, 1.82) is 0 Å². The van der Waals surface area contributed by atoms with Crippen LogP contribution in [0.25, 0.3) is 0 Å². The van der Waals surface area contributed by atoms with E-state index < -0.39 is 11.9 Å². The number of aliphatic carboxylic acids is 1. The van der Waals surface area contributed by atoms with Gasteiger partial charge in [0.2, 0.25) is 0 Å². The molecule has 108 valence electrons. The summed E-state index contributed by atoms with van der Waals surface area (Å²) >= 11 is 0. The Bertz CT molecular complexity index is 514. The van der Waals surface area contributed by atoms with Crippen molar-refractivity contribution >= 4 is 11.9 Å². The number of hydrogen-bond acceptors (Lipinski definition) is 2. The smallest absolute Gasteiger partial charge is 0.308 e. The van der Waals surface area contributed by atoms with Crippen LogP contribution >= 0.6 is 0 Å². The second kappa shape index (κ2) is 5.65. The van der Waals surface area contributed by atoms with Crippen LogP contribution < -0.4 is 0 Å². The van der Waals surface area contributed by atoms with E-state index in [1.54, 1.807) is 11.8 Å². The summed E-state index contributed by atoms with van der Waals surface area (Å²) in [5, 5.41) is 9.04. The number of nitrogens with zero attached hydrogens (tertiary/aromatic N) is 1. The van der Waals surface area contributed by atoms with Gasteiger partial charge in [0, 0.05) is 18.2 Å². The zero-order valence-electron chi connectivity index (χ0n) is 12.2. The molecule has 0 heterocycles. The molecule has 1 aromatic carbocycles. The van der Waals surface area contributed by atoms with Crippen molar-refractivity contribution < 1.29 is 14.7 Å². The molecular formula is C16H21NO3. The molecule has 4 nitrogen and oxygen atoms in total. The van der Waals surface area contributed by atoms with Crippen LogP contribution in [-0.4, -0.2) is 34.5 Å². The molecule has 2 rings (SSSR count). The van der Waals surface area contributed by atoms with Crippen LogP contribution in [0.5, 0.6) is 0 Å². The summed E-state index contributed by atoms with van der Waals surface area (Å²) in [7, 11) is 0. The molecule has 1 atom stereocenters. The molecule has 0 aromatic heterocycles. The van der Waals surface area contributed by atoms with E-state index in [4.69, 9.17) is 5.11 Å². The van der Waals surface area contributed by atoms with Crippen LogP contribution in [0.15, 0.2) is 18.2 Å². The fourth-order valence-electron chi connectivity index (χ4n) is 2.42. The van der Waals surface area contributed by atoms with Gasteiger partial charge < -0.3 is 10.0 Å². The fraction of sp³-hybridized carbons (Fsp3) is 0.500. The van der Waals surface area contributed by atoms with Crippen LogP contribution in [0.1, 0.15) is 41.3 Å². The van der Waals surface area contributed by atoms with E-state index in [0.717, 1.165) is 24.0 Å². The van der Waals surface area contributed by atoms with Gasteiger partial charge in [-0.15, -0.1) is 0 Å². The van der Waals surface area contributed by atoms with Gasteiger partial charge in [0.15, 0.2) is 0 Å². The number of carbonyl (C=O) groups is 2. The first-order valence-electron chi connectivity index (χ1n) is 7.00. The van der Waals surface area contributed by atoms with E-state index in [-0.39, 0.29) is 18.5 Å². The zero-order chi connectivity index (χ0) is 14.9. The Labute approximate surface area is 119 Å². The monoisotopic (exact) mass is 275 g/mol. The highest BCUT2D eigenvalue weighted by atomic mass is 16.4. The van der Waals surface area contributed by atoms with Crippen LogP contribution in [-0.2, 0) is 4.79 Å². The average molecular weight is 275 g/mol. The quantitative estimate of drug-likeness (QED) is 0.898. The first-order valence-corrected chi connectivity index (χ1v) is 7.00. The predicted octanol–water partition coefficient (Wildman–Crippen LogP) is 2.63. The van der Waals surface area contributed by atoms with Crippen molar-refractivity contribution in [3.8, 4) is 0 Å². The van der Waals surface area contributed by atoms with Crippen molar-refractivity contribution in [2.24, 2.45) is 5.92 Å². The standard InChI is InChI=1S/C16H21NO3/c1-10-6-11(2)8-13(7-10)15(18)17(14-4-5-14)9-12(3)16(19)20/h6-8,12,14H,4-5,9H2,1-3H3,(H,19,20)/t12-/m0/s1. The molecule has 0 bridgehead atoms. The first kappa shape index (κ1) is 14.6. The van der Waals surface area contributed by atoms with Gasteiger partial charge in [-0.05, 0) is 38.8 Å². The summed E-state index contributed by atoms with van der Waals surface area (Å²) < 4.78 is 0. The number of amides is 1. The third kappa shape index (κ3) is 3.38. The molecule has 1 aromatic rings. The van der Waals surface area contributed by atoms with E-state index in [9.17, 15) is 9.59 Å². The van der Waals surface area contributed by atoms with Gasteiger partial charge in [0.1, 0.15) is 0 Å². The van der Waals surface area contributed by atoms with Crippen molar-refractivity contribution in [1.82, 2.24) is 4.90 Å². The van der Waals surface area contributed by atoms with E-state index in [1.165, 1.54) is 0 Å². The van der Waals surface area contributed by atoms with Gasteiger partial charge in [-0.2, -0.15) is 0 Å². The predicted molar refractivity (Wildman–Crippen MR) is 76.8 cm³/mol. The summed E-state index contributed by atoms with van der Waals surface area (Å²) in [5.74, 6) is -1.44. The molecular weight excluding hydrogens is 254 g/mol. The van der Waals surface area contributed by atoms with Gasteiger partial charge in [-0.25, -0.2) is 0 Å². The number of benzene rings is 1. The molecule has 20 heavy (non-hydrogen) atoms. The van der Waals surface area contributed by atoms with Crippen LogP contribution in [0.3, 0.4) is 0 Å². The highest BCUT2D eigenvalue weighted by molar-refractivity contribution is 5.95. The SMILES string of the molecule is Cc1cc(C)cc(C(=O)N(C[C@H](C)C(=O)O)C2CC2)c1. The highest BCUT2D eigenvalue weighted by Crippen LogP contribution is 2.29. The largest absolute Gasteiger partial charge is 0.481 e. The van der Waals surface area contributed by atoms with Crippen LogP contribution in [0, 0.1) is 19.8 Å². The lowest BCUT2D eigenvalue weighted by Crippen LogP contribution is -2.38. The van der Waals surface area contributed by atoms with Gasteiger partial charge >= 0.3 is 5.97 Å². The van der Waals surface area contributed by atoms with Crippen molar-refractivity contribution in [3.05, 3.63) is 34.9 Å². The minimum Gasteiger partial charge on any atom is -0.481 e. The molecule has 4 heteroatoms. The Morgan fingerprint density at radius 2 is 1.80 bits per heavy atom. The molecule has 1 aliphatic rings. The molecule has 1 amide bonds.